The number of aromatic nitrogens is 1. The van der Waals surface area contributed by atoms with E-state index in [-0.39, 0.29) is 146 Å². The summed E-state index contributed by atoms with van der Waals surface area (Å²) in [6.45, 7) is 5.77. The average molecular weight is 814 g/mol. The van der Waals surface area contributed by atoms with Crippen LogP contribution < -0.4 is 11.1 Å². The molecule has 0 saturated heterocycles. The molecule has 7 nitrogen and oxygen atoms in total. The predicted octanol–water partition coefficient (Wildman–Crippen LogP) is 5.68. The van der Waals surface area contributed by atoms with Crippen molar-refractivity contribution >= 4 is 43.5 Å². The number of aliphatic hydroxyl groups is 1. The quantitative estimate of drug-likeness (QED) is 0.0491. The maximum Gasteiger partial charge on any atom is 0.261 e. The Balaban J connectivity index is -0.00000229. The van der Waals surface area contributed by atoms with Crippen LogP contribution in [0, 0.1) is 29.7 Å². The van der Waals surface area contributed by atoms with Crippen molar-refractivity contribution in [3.8, 4) is 0 Å². The Bertz CT molecular complexity index is 1670. The molecule has 0 spiro atoms. The molecule has 2 aromatic heterocycles. The van der Waals surface area contributed by atoms with E-state index in [1.54, 1.807) is 12.1 Å². The van der Waals surface area contributed by atoms with Crippen LogP contribution in [0.2, 0.25) is 0 Å². The number of rotatable bonds is 10. The molecule has 43 heavy (non-hydrogen) atoms. The Hall–Kier alpha value is -0.208. The van der Waals surface area contributed by atoms with Crippen LogP contribution in [0.25, 0.3) is 43.5 Å². The molecule has 1 N–H and O–H groups in total. The summed E-state index contributed by atoms with van der Waals surface area (Å²) in [5.41, 5.74) is 0.866. The van der Waals surface area contributed by atoms with Gasteiger partial charge in [-0.3, -0.25) is 14.2 Å². The molecule has 0 saturated carbocycles. The minimum absolute atomic E-state index is 0. The van der Waals surface area contributed by atoms with Crippen LogP contribution in [0.1, 0.15) is 6.42 Å². The second-order valence-corrected chi connectivity index (χ2v) is 10.1. The van der Waals surface area contributed by atoms with Gasteiger partial charge in [0.2, 0.25) is 0 Å². The second-order valence-electron chi connectivity index (χ2n) is 10.1. The van der Waals surface area contributed by atoms with Crippen molar-refractivity contribution in [1.29, 1.82) is 0 Å². The van der Waals surface area contributed by atoms with E-state index in [0.717, 1.165) is 21.7 Å². The van der Waals surface area contributed by atoms with E-state index in [2.05, 4.69) is 6.58 Å². The molecule has 3 aromatic carbocycles. The van der Waals surface area contributed by atoms with Gasteiger partial charge in [0.1, 0.15) is 23.8 Å². The van der Waals surface area contributed by atoms with Crippen LogP contribution >= 0.6 is 0 Å². The Morgan fingerprint density at radius 1 is 0.860 bits per heavy atom. The molecule has 5 rings (SSSR count). The van der Waals surface area contributed by atoms with Gasteiger partial charge >= 0.3 is 0 Å². The first-order valence-electron chi connectivity index (χ1n) is 12.2. The number of fused-ring (bicyclic) bond motifs is 2. The monoisotopic (exact) mass is 814 g/mol. The molecule has 3 radical (unpaired) electrons. The molecule has 0 aliphatic rings. The molecule has 5 aromatic rings. The largest absolute Gasteiger partial charge is 0.456 e. The molecular weight excluding hydrogens is 771 g/mol. The number of quaternary nitrogens is 1. The van der Waals surface area contributed by atoms with E-state index in [1.807, 2.05) is 56.6 Å². The van der Waals surface area contributed by atoms with Crippen molar-refractivity contribution in [3.05, 3.63) is 112 Å². The first-order valence-corrected chi connectivity index (χ1v) is 12.2. The van der Waals surface area contributed by atoms with Gasteiger partial charge in [-0.2, -0.15) is 0 Å². The van der Waals surface area contributed by atoms with Crippen LogP contribution in [0.4, 0.5) is 0 Å². The number of para-hydroxylation sites is 1. The zero-order valence-electron chi connectivity index (χ0n) is 26.4. The summed E-state index contributed by atoms with van der Waals surface area (Å²) in [7, 11) is 4.04. The molecule has 0 aliphatic carbocycles. The van der Waals surface area contributed by atoms with Crippen molar-refractivity contribution in [3.63, 3.8) is 0 Å². The Morgan fingerprint density at radius 3 is 2.07 bits per heavy atom. The van der Waals surface area contributed by atoms with Gasteiger partial charge in [-0.15, -0.1) is 6.58 Å². The Labute approximate surface area is 332 Å². The van der Waals surface area contributed by atoms with E-state index in [1.165, 1.54) is 4.57 Å². The number of ether oxygens (including phenoxy) is 1. The normalized spacial score (nSPS) is 11.1. The number of pyridine rings is 1. The van der Waals surface area contributed by atoms with Gasteiger partial charge < -0.3 is 48.5 Å². The number of aliphatic hydroxyl groups excluding tert-OH is 1. The SMILES string of the molecule is C=CCOCC(O)C[N+](C)(C)CCCn1c(=O)c2ccc3oc4ccccc4c4ccc(c1=O)c2c34.[CH3-].[CH3-].[CH3-].[CH3-].[Y].[Y].[Y]. The minimum atomic E-state index is -0.600. The van der Waals surface area contributed by atoms with E-state index in [4.69, 9.17) is 9.15 Å². The van der Waals surface area contributed by atoms with Gasteiger partial charge in [-0.1, -0.05) is 30.3 Å². The third kappa shape index (κ3) is 9.89. The summed E-state index contributed by atoms with van der Waals surface area (Å²) < 4.78 is 13.4. The van der Waals surface area contributed by atoms with Gasteiger partial charge in [-0.05, 0) is 29.7 Å². The zero-order chi connectivity index (χ0) is 25.4. The summed E-state index contributed by atoms with van der Waals surface area (Å²) in [5, 5.41) is 14.7. The van der Waals surface area contributed by atoms with E-state index in [0.29, 0.717) is 58.9 Å². The van der Waals surface area contributed by atoms with Gasteiger partial charge in [0.15, 0.2) is 0 Å². The molecule has 0 bridgehead atoms. The first kappa shape index (κ1) is 47.2. The number of benzene rings is 3. The molecular formula is C33H43N2O5Y3-3. The molecule has 0 aliphatic heterocycles. The predicted molar refractivity (Wildman–Crippen MR) is 170 cm³/mol. The molecule has 227 valence electrons. The van der Waals surface area contributed by atoms with Crippen LogP contribution in [0.3, 0.4) is 0 Å². The number of likely N-dealkylation sites (N-methyl/N-ethyl adjacent to an activating group) is 1. The van der Waals surface area contributed by atoms with Crippen LogP contribution in [-0.4, -0.2) is 60.7 Å². The number of nitrogens with zero attached hydrogens (tertiary/aromatic N) is 2. The second kappa shape index (κ2) is 20.1. The van der Waals surface area contributed by atoms with Gasteiger partial charge in [-0.25, -0.2) is 0 Å². The number of hydrogen-bond acceptors (Lipinski definition) is 5. The summed E-state index contributed by atoms with van der Waals surface area (Å²) in [4.78, 5) is 26.9. The Morgan fingerprint density at radius 2 is 1.44 bits per heavy atom. The van der Waals surface area contributed by atoms with Crippen LogP contribution in [-0.2, 0) is 109 Å². The third-order valence-electron chi connectivity index (χ3n) is 6.87. The minimum Gasteiger partial charge on any atom is -0.456 e. The van der Waals surface area contributed by atoms with Gasteiger partial charge in [0, 0.05) is 138 Å². The topological polar surface area (TPSA) is 81.7 Å². The van der Waals surface area contributed by atoms with Crippen molar-refractivity contribution in [2.45, 2.75) is 19.1 Å². The van der Waals surface area contributed by atoms with Crippen molar-refractivity contribution in [2.24, 2.45) is 0 Å². The molecule has 2 heterocycles. The fourth-order valence-corrected chi connectivity index (χ4v) is 5.27. The Kier molecular flexibility index (Phi) is 22.1. The standard InChI is InChI=1S/C29H31N2O5.4CH3.3Y/c1-4-16-35-18-19(32)17-31(2,3)15-7-14-30-28(33)22-11-10-21-20-8-5-6-9-24(20)36-25-13-12-23(29(30)34)26(22)27(21)25;;;;;;;/h4-6,8-13,19,32H,1,7,14-18H2,2-3H3;4*1H3;;;/q+1;4*-1;;;. The van der Waals surface area contributed by atoms with Crippen molar-refractivity contribution < 1.29 is 117 Å². The first-order chi connectivity index (χ1) is 17.3. The smallest absolute Gasteiger partial charge is 0.261 e. The van der Waals surface area contributed by atoms with E-state index in [9.17, 15) is 14.7 Å². The molecule has 1 atom stereocenters. The molecule has 10 heteroatoms. The fourth-order valence-electron chi connectivity index (χ4n) is 5.27. The zero-order valence-corrected chi connectivity index (χ0v) is 34.9. The third-order valence-corrected chi connectivity index (χ3v) is 6.87. The average Bonchev–Trinajstić information content (AvgIpc) is 2.85. The van der Waals surface area contributed by atoms with Crippen LogP contribution in [0.5, 0.6) is 0 Å². The number of hydrogen-bond donors (Lipinski definition) is 1. The van der Waals surface area contributed by atoms with E-state index >= 15 is 0 Å². The summed E-state index contributed by atoms with van der Waals surface area (Å²) in [5.74, 6) is 0. The molecule has 0 fully saturated rings. The maximum absolute atomic E-state index is 13.5. The summed E-state index contributed by atoms with van der Waals surface area (Å²) in [6.07, 6.45) is 1.67. The maximum atomic E-state index is 13.5. The van der Waals surface area contributed by atoms with Crippen molar-refractivity contribution in [1.82, 2.24) is 4.57 Å². The van der Waals surface area contributed by atoms with Gasteiger partial charge in [0.25, 0.3) is 11.1 Å². The van der Waals surface area contributed by atoms with Crippen molar-refractivity contribution in [2.75, 3.05) is 40.4 Å². The summed E-state index contributed by atoms with van der Waals surface area (Å²) >= 11 is 0. The molecule has 0 amide bonds. The van der Waals surface area contributed by atoms with Crippen LogP contribution in [0.15, 0.2) is 75.2 Å². The van der Waals surface area contributed by atoms with Gasteiger partial charge in [0.05, 0.1) is 33.9 Å². The fraction of sp³-hybridized carbons (Fsp3) is 0.273. The summed E-state index contributed by atoms with van der Waals surface area (Å²) in [6, 6.07) is 15.2. The van der Waals surface area contributed by atoms with E-state index < -0.39 is 6.10 Å². The molecule has 1 unspecified atom stereocenters.